The fourth-order valence-corrected chi connectivity index (χ4v) is 6.08. The van der Waals surface area contributed by atoms with Crippen molar-refractivity contribution in [2.45, 2.75) is 39.8 Å². The van der Waals surface area contributed by atoms with Gasteiger partial charge in [-0.25, -0.2) is 0 Å². The number of amides is 1. The molecule has 0 bridgehead atoms. The van der Waals surface area contributed by atoms with E-state index < -0.39 is 5.41 Å². The minimum atomic E-state index is -0.594. The molecule has 50 heavy (non-hydrogen) atoms. The molecule has 7 heteroatoms. The highest BCUT2D eigenvalue weighted by molar-refractivity contribution is 7.80. The molecule has 1 amide bonds. The van der Waals surface area contributed by atoms with Crippen LogP contribution in [0.1, 0.15) is 54.5 Å². The lowest BCUT2D eigenvalue weighted by molar-refractivity contribution is -0.126. The highest BCUT2D eigenvalue weighted by Gasteiger charge is 2.25. The number of thiocarbonyl (C=S) groups is 1. The van der Waals surface area contributed by atoms with E-state index in [0.29, 0.717) is 0 Å². The summed E-state index contributed by atoms with van der Waals surface area (Å²) in [6, 6.07) is 45.1. The van der Waals surface area contributed by atoms with Crippen LogP contribution in [0.15, 0.2) is 127 Å². The van der Waals surface area contributed by atoms with Crippen LogP contribution in [0.25, 0.3) is 0 Å². The summed E-state index contributed by atoms with van der Waals surface area (Å²) in [5.41, 5.74) is 9.34. The second kappa shape index (κ2) is 16.0. The predicted molar refractivity (Wildman–Crippen MR) is 216 cm³/mol. The number of hydrogen-bond donors (Lipinski definition) is 2. The lowest BCUT2D eigenvalue weighted by atomic mass is 9.83. The Bertz CT molecular complexity index is 1770. The molecular formula is C43H49N5OS. The van der Waals surface area contributed by atoms with E-state index >= 15 is 0 Å². The number of nitrogens with zero attached hydrogens (tertiary/aromatic N) is 3. The molecule has 0 aliphatic heterocycles. The van der Waals surface area contributed by atoms with Crippen LogP contribution in [-0.2, 0) is 17.9 Å². The Labute approximate surface area is 303 Å². The molecule has 0 spiro atoms. The molecule has 0 heterocycles. The maximum Gasteiger partial charge on any atom is 0.231 e. The molecule has 5 aromatic carbocycles. The third kappa shape index (κ3) is 9.30. The second-order valence-corrected chi connectivity index (χ2v) is 14.6. The zero-order chi connectivity index (χ0) is 35.8. The van der Waals surface area contributed by atoms with Gasteiger partial charge in [0.05, 0.1) is 0 Å². The van der Waals surface area contributed by atoms with E-state index in [4.69, 9.17) is 12.2 Å². The molecule has 0 aliphatic carbocycles. The quantitative estimate of drug-likeness (QED) is 0.107. The maximum atomic E-state index is 13.0. The van der Waals surface area contributed by atoms with E-state index in [9.17, 15) is 4.79 Å². The van der Waals surface area contributed by atoms with Crippen LogP contribution in [0, 0.1) is 5.41 Å². The van der Waals surface area contributed by atoms with E-state index in [1.165, 1.54) is 11.1 Å². The van der Waals surface area contributed by atoms with Gasteiger partial charge < -0.3 is 25.3 Å². The van der Waals surface area contributed by atoms with Crippen LogP contribution in [-0.4, -0.2) is 39.2 Å². The van der Waals surface area contributed by atoms with Crippen molar-refractivity contribution in [1.82, 2.24) is 5.32 Å². The summed E-state index contributed by atoms with van der Waals surface area (Å²) >= 11 is 5.80. The van der Waals surface area contributed by atoms with Crippen molar-refractivity contribution in [3.63, 3.8) is 0 Å². The molecule has 0 aliphatic rings. The first-order chi connectivity index (χ1) is 23.9. The van der Waals surface area contributed by atoms with Gasteiger partial charge in [-0.2, -0.15) is 0 Å². The van der Waals surface area contributed by atoms with Gasteiger partial charge in [-0.3, -0.25) is 4.79 Å². The summed E-state index contributed by atoms with van der Waals surface area (Å²) in [5.74, 6) is -0.255. The van der Waals surface area contributed by atoms with Crippen LogP contribution < -0.4 is 25.3 Å². The Hall–Kier alpha value is -5.14. The van der Waals surface area contributed by atoms with E-state index in [1.807, 2.05) is 32.9 Å². The molecule has 0 radical (unpaired) electrons. The maximum absolute atomic E-state index is 13.0. The van der Waals surface area contributed by atoms with Gasteiger partial charge in [0.2, 0.25) is 5.91 Å². The minimum absolute atomic E-state index is 0.114. The highest BCUT2D eigenvalue weighted by atomic mass is 32.1. The standard InChI is InChI=1S/C43H49N5OS/c1-43(2,3)41(49)45-42(50)44-39-28-37(48(29-31-14-10-8-11-15-31)30-32-16-12-9-13-17-32)26-27-38(39)40(33-18-22-35(23-19-33)46(4)5)34-20-24-36(25-21-34)47(6)7/h8-28,40H,29-30H2,1-7H3,(H2,44,45,49,50). The Morgan fingerprint density at radius 1 is 0.640 bits per heavy atom. The topological polar surface area (TPSA) is 50.9 Å². The molecule has 0 fully saturated rings. The van der Waals surface area contributed by atoms with Crippen molar-refractivity contribution in [1.29, 1.82) is 0 Å². The summed E-state index contributed by atoms with van der Waals surface area (Å²) < 4.78 is 0. The first-order valence-electron chi connectivity index (χ1n) is 17.0. The number of nitrogens with one attached hydrogen (secondary N) is 2. The lowest BCUT2D eigenvalue weighted by Crippen LogP contribution is -2.41. The van der Waals surface area contributed by atoms with Gasteiger partial charge >= 0.3 is 0 Å². The Morgan fingerprint density at radius 2 is 1.08 bits per heavy atom. The van der Waals surface area contributed by atoms with Crippen molar-refractivity contribution >= 4 is 46.0 Å². The van der Waals surface area contributed by atoms with Gasteiger partial charge in [0.1, 0.15) is 0 Å². The van der Waals surface area contributed by atoms with E-state index in [0.717, 1.165) is 52.5 Å². The van der Waals surface area contributed by atoms with Crippen LogP contribution in [0.3, 0.4) is 0 Å². The smallest absolute Gasteiger partial charge is 0.231 e. The Balaban J connectivity index is 1.65. The molecule has 2 N–H and O–H groups in total. The SMILES string of the molecule is CN(C)c1ccc(C(c2ccc(N(C)C)cc2)c2ccc(N(Cc3ccccc3)Cc3ccccc3)cc2NC(=S)NC(=O)C(C)(C)C)cc1. The number of rotatable bonds is 11. The fraction of sp³-hybridized carbons (Fsp3) is 0.256. The summed E-state index contributed by atoms with van der Waals surface area (Å²) in [6.07, 6.45) is 0. The molecule has 0 atom stereocenters. The van der Waals surface area contributed by atoms with Crippen molar-refractivity contribution in [2.24, 2.45) is 5.41 Å². The number of benzene rings is 5. The molecule has 5 rings (SSSR count). The normalized spacial score (nSPS) is 11.2. The molecule has 0 saturated carbocycles. The predicted octanol–water partition coefficient (Wildman–Crippen LogP) is 9.06. The first kappa shape index (κ1) is 36.1. The van der Waals surface area contributed by atoms with Gasteiger partial charge in [0, 0.05) is 75.4 Å². The second-order valence-electron chi connectivity index (χ2n) is 14.2. The molecule has 0 saturated heterocycles. The fourth-order valence-electron chi connectivity index (χ4n) is 5.87. The number of hydrogen-bond acceptors (Lipinski definition) is 5. The Morgan fingerprint density at radius 3 is 1.50 bits per heavy atom. The Kier molecular flexibility index (Phi) is 11.6. The van der Waals surface area contributed by atoms with Crippen molar-refractivity contribution in [2.75, 3.05) is 48.2 Å². The van der Waals surface area contributed by atoms with E-state index in [2.05, 4.69) is 169 Å². The highest BCUT2D eigenvalue weighted by Crippen LogP contribution is 2.39. The van der Waals surface area contributed by atoms with Crippen LogP contribution in [0.2, 0.25) is 0 Å². The summed E-state index contributed by atoms with van der Waals surface area (Å²) in [7, 11) is 8.21. The summed E-state index contributed by atoms with van der Waals surface area (Å²) in [4.78, 5) is 19.6. The van der Waals surface area contributed by atoms with Crippen molar-refractivity contribution in [3.8, 4) is 0 Å². The third-order valence-electron chi connectivity index (χ3n) is 8.79. The first-order valence-corrected chi connectivity index (χ1v) is 17.4. The zero-order valence-electron chi connectivity index (χ0n) is 30.3. The average molecular weight is 684 g/mol. The molecule has 6 nitrogen and oxygen atoms in total. The summed E-state index contributed by atoms with van der Waals surface area (Å²) in [6.45, 7) is 7.09. The molecular weight excluding hydrogens is 635 g/mol. The van der Waals surface area contributed by atoms with Crippen molar-refractivity contribution < 1.29 is 4.79 Å². The van der Waals surface area contributed by atoms with Gasteiger partial charge in [0.15, 0.2) is 5.11 Å². The molecule has 5 aromatic rings. The lowest BCUT2D eigenvalue weighted by Gasteiger charge is -2.29. The van der Waals surface area contributed by atoms with Crippen LogP contribution in [0.4, 0.5) is 22.7 Å². The largest absolute Gasteiger partial charge is 0.378 e. The third-order valence-corrected chi connectivity index (χ3v) is 8.99. The van der Waals surface area contributed by atoms with Crippen molar-refractivity contribution in [3.05, 3.63) is 155 Å². The number of carbonyl (C=O) groups excluding carboxylic acids is 1. The molecule has 0 unspecified atom stereocenters. The van der Waals surface area contributed by atoms with Gasteiger partial charge in [-0.1, -0.05) is 112 Å². The van der Waals surface area contributed by atoms with Crippen LogP contribution in [0.5, 0.6) is 0 Å². The monoisotopic (exact) mass is 683 g/mol. The van der Waals surface area contributed by atoms with Gasteiger partial charge in [-0.15, -0.1) is 0 Å². The van der Waals surface area contributed by atoms with Crippen LogP contribution >= 0.6 is 12.2 Å². The minimum Gasteiger partial charge on any atom is -0.378 e. The molecule has 258 valence electrons. The average Bonchev–Trinajstić information content (AvgIpc) is 3.09. The van der Waals surface area contributed by atoms with E-state index in [-0.39, 0.29) is 16.9 Å². The van der Waals surface area contributed by atoms with Gasteiger partial charge in [-0.05, 0) is 76.4 Å². The zero-order valence-corrected chi connectivity index (χ0v) is 31.1. The van der Waals surface area contributed by atoms with E-state index in [1.54, 1.807) is 0 Å². The van der Waals surface area contributed by atoms with Gasteiger partial charge in [0.25, 0.3) is 0 Å². The number of carbonyl (C=O) groups is 1. The summed E-state index contributed by atoms with van der Waals surface area (Å²) in [5, 5.41) is 6.68. The number of anilines is 4. The molecule has 0 aromatic heterocycles.